The summed E-state index contributed by atoms with van der Waals surface area (Å²) >= 11 is 1.18. The molecule has 0 fully saturated rings. The molecule has 36 heavy (non-hydrogen) atoms. The predicted octanol–water partition coefficient (Wildman–Crippen LogP) is 6.30. The van der Waals surface area contributed by atoms with Crippen molar-refractivity contribution in [1.29, 1.82) is 0 Å². The lowest BCUT2D eigenvalue weighted by Gasteiger charge is -2.13. The van der Waals surface area contributed by atoms with E-state index in [1.165, 1.54) is 11.7 Å². The highest BCUT2D eigenvalue weighted by atomic mass is 32.1. The minimum Gasteiger partial charge on any atom is -0.497 e. The summed E-state index contributed by atoms with van der Waals surface area (Å²) in [5, 5.41) is 0.891. The quantitative estimate of drug-likeness (QED) is 0.230. The normalized spacial score (nSPS) is 11.1. The lowest BCUT2D eigenvalue weighted by Crippen LogP contribution is -2.14. The van der Waals surface area contributed by atoms with E-state index in [1.54, 1.807) is 14.0 Å². The van der Waals surface area contributed by atoms with Crippen LogP contribution in [-0.4, -0.2) is 39.8 Å². The maximum absolute atomic E-state index is 12.6. The van der Waals surface area contributed by atoms with Gasteiger partial charge in [0.1, 0.15) is 22.5 Å². The first kappa shape index (κ1) is 23.6. The Balaban J connectivity index is 1.73. The minimum absolute atomic E-state index is 0.207. The molecule has 8 nitrogen and oxygen atoms in total. The summed E-state index contributed by atoms with van der Waals surface area (Å²) in [5.74, 6) is 1.85. The molecule has 0 unspecified atom stereocenters. The van der Waals surface area contributed by atoms with Gasteiger partial charge in [-0.2, -0.15) is 8.75 Å². The van der Waals surface area contributed by atoms with E-state index < -0.39 is 6.16 Å². The number of rotatable bonds is 8. The van der Waals surface area contributed by atoms with Crippen LogP contribution in [0.25, 0.3) is 33.1 Å². The van der Waals surface area contributed by atoms with Crippen molar-refractivity contribution >= 4 is 39.8 Å². The number of methoxy groups -OCH3 is 1. The van der Waals surface area contributed by atoms with E-state index in [9.17, 15) is 4.79 Å². The van der Waals surface area contributed by atoms with Crippen LogP contribution >= 0.6 is 11.7 Å². The SMILES string of the molecule is CCOC(=O)Oc1c(-c2ccc(OC)cc2)c2cc(OCC)ccc2n1Cc1ccc2nsnc2c1. The van der Waals surface area contributed by atoms with Crippen molar-refractivity contribution in [3.63, 3.8) is 0 Å². The summed E-state index contributed by atoms with van der Waals surface area (Å²) in [7, 11) is 1.62. The Hall–Kier alpha value is -4.11. The smallest absolute Gasteiger partial charge is 0.497 e. The summed E-state index contributed by atoms with van der Waals surface area (Å²) in [6.45, 7) is 4.88. The number of ether oxygens (including phenoxy) is 4. The van der Waals surface area contributed by atoms with Gasteiger partial charge in [-0.05, 0) is 67.4 Å². The standard InChI is InChI=1S/C27H25N3O5S/c1-4-33-20-11-13-24-21(15-20)25(18-7-9-19(32-3)10-8-18)26(35-27(31)34-5-2)30(24)16-17-6-12-22-23(14-17)29-36-28-22/h6-15H,4-5,16H2,1-3H3. The van der Waals surface area contributed by atoms with Crippen molar-refractivity contribution in [3.8, 4) is 28.5 Å². The molecule has 0 aliphatic heterocycles. The molecule has 0 aliphatic rings. The molecule has 0 spiro atoms. The number of carbonyl (C=O) groups excluding carboxylic acids is 1. The largest absolute Gasteiger partial charge is 0.515 e. The summed E-state index contributed by atoms with van der Waals surface area (Å²) in [6.07, 6.45) is -0.763. The van der Waals surface area contributed by atoms with Gasteiger partial charge in [0.05, 0.1) is 49.7 Å². The highest BCUT2D eigenvalue weighted by molar-refractivity contribution is 7.00. The van der Waals surface area contributed by atoms with Gasteiger partial charge in [-0.3, -0.25) is 0 Å². The van der Waals surface area contributed by atoms with E-state index in [0.717, 1.165) is 50.1 Å². The Bertz CT molecular complexity index is 1520. The Morgan fingerprint density at radius 3 is 2.44 bits per heavy atom. The number of carbonyl (C=O) groups is 1. The third-order valence-electron chi connectivity index (χ3n) is 5.78. The van der Waals surface area contributed by atoms with Crippen LogP contribution in [0.1, 0.15) is 19.4 Å². The first-order valence-electron chi connectivity index (χ1n) is 11.6. The zero-order chi connectivity index (χ0) is 25.1. The van der Waals surface area contributed by atoms with Crippen LogP contribution in [0.2, 0.25) is 0 Å². The van der Waals surface area contributed by atoms with Crippen LogP contribution in [0.15, 0.2) is 60.7 Å². The topological polar surface area (TPSA) is 84.7 Å². The Morgan fingerprint density at radius 2 is 1.69 bits per heavy atom. The molecule has 0 N–H and O–H groups in total. The van der Waals surface area contributed by atoms with Crippen LogP contribution in [0.5, 0.6) is 17.4 Å². The van der Waals surface area contributed by atoms with E-state index >= 15 is 0 Å². The van der Waals surface area contributed by atoms with Crippen molar-refractivity contribution < 1.29 is 23.7 Å². The van der Waals surface area contributed by atoms with Crippen LogP contribution in [0.3, 0.4) is 0 Å². The summed E-state index contributed by atoms with van der Waals surface area (Å²) in [6, 6.07) is 19.5. The fraction of sp³-hybridized carbons (Fsp3) is 0.222. The molecule has 5 rings (SSSR count). The molecule has 184 valence electrons. The molecule has 0 saturated carbocycles. The molecule has 0 aliphatic carbocycles. The fourth-order valence-electron chi connectivity index (χ4n) is 4.20. The fourth-order valence-corrected chi connectivity index (χ4v) is 4.72. The van der Waals surface area contributed by atoms with Gasteiger partial charge >= 0.3 is 6.16 Å². The highest BCUT2D eigenvalue weighted by Crippen LogP contribution is 2.43. The second-order valence-electron chi connectivity index (χ2n) is 7.98. The first-order chi connectivity index (χ1) is 17.6. The van der Waals surface area contributed by atoms with E-state index in [4.69, 9.17) is 18.9 Å². The maximum Gasteiger partial charge on any atom is 0.515 e. The molecule has 0 saturated heterocycles. The van der Waals surface area contributed by atoms with E-state index in [-0.39, 0.29) is 6.61 Å². The molecule has 5 aromatic rings. The molecular weight excluding hydrogens is 478 g/mol. The van der Waals surface area contributed by atoms with Gasteiger partial charge in [-0.25, -0.2) is 4.79 Å². The molecular formula is C27H25N3O5S. The van der Waals surface area contributed by atoms with Crippen LogP contribution in [-0.2, 0) is 11.3 Å². The zero-order valence-electron chi connectivity index (χ0n) is 20.2. The Morgan fingerprint density at radius 1 is 0.917 bits per heavy atom. The lowest BCUT2D eigenvalue weighted by molar-refractivity contribution is 0.101. The van der Waals surface area contributed by atoms with Gasteiger partial charge in [0.15, 0.2) is 0 Å². The molecule has 2 aromatic heterocycles. The molecule has 0 radical (unpaired) electrons. The van der Waals surface area contributed by atoms with Crippen LogP contribution < -0.4 is 14.2 Å². The van der Waals surface area contributed by atoms with Gasteiger partial charge in [0.25, 0.3) is 0 Å². The monoisotopic (exact) mass is 503 g/mol. The van der Waals surface area contributed by atoms with Gasteiger partial charge in [0, 0.05) is 5.39 Å². The van der Waals surface area contributed by atoms with Crippen molar-refractivity contribution in [3.05, 3.63) is 66.2 Å². The Kier molecular flexibility index (Phi) is 6.73. The third-order valence-corrected chi connectivity index (χ3v) is 6.33. The van der Waals surface area contributed by atoms with Gasteiger partial charge < -0.3 is 23.5 Å². The molecule has 0 atom stereocenters. The van der Waals surface area contributed by atoms with Gasteiger partial charge in [-0.15, -0.1) is 0 Å². The lowest BCUT2D eigenvalue weighted by atomic mass is 10.0. The second-order valence-corrected chi connectivity index (χ2v) is 8.51. The van der Waals surface area contributed by atoms with Crippen molar-refractivity contribution in [2.45, 2.75) is 20.4 Å². The van der Waals surface area contributed by atoms with Gasteiger partial charge in [-0.1, -0.05) is 18.2 Å². The average Bonchev–Trinajstić information content (AvgIpc) is 3.47. The zero-order valence-corrected chi connectivity index (χ0v) is 21.0. The number of fused-ring (bicyclic) bond motifs is 2. The van der Waals surface area contributed by atoms with Crippen LogP contribution in [0, 0.1) is 0 Å². The third kappa shape index (κ3) is 4.57. The van der Waals surface area contributed by atoms with Crippen molar-refractivity contribution in [1.82, 2.24) is 13.3 Å². The number of nitrogens with zero attached hydrogens (tertiary/aromatic N) is 3. The molecule has 0 amide bonds. The van der Waals surface area contributed by atoms with Crippen molar-refractivity contribution in [2.75, 3.05) is 20.3 Å². The molecule has 9 heteroatoms. The first-order valence-corrected chi connectivity index (χ1v) is 12.3. The summed E-state index contributed by atoms with van der Waals surface area (Å²) in [4.78, 5) is 12.6. The number of benzene rings is 3. The second kappa shape index (κ2) is 10.2. The molecule has 3 aromatic carbocycles. The Labute approximate surface area is 212 Å². The average molecular weight is 504 g/mol. The van der Waals surface area contributed by atoms with Crippen LogP contribution in [0.4, 0.5) is 4.79 Å². The highest BCUT2D eigenvalue weighted by Gasteiger charge is 2.24. The van der Waals surface area contributed by atoms with Gasteiger partial charge in [0.2, 0.25) is 5.88 Å². The van der Waals surface area contributed by atoms with E-state index in [1.807, 2.05) is 72.2 Å². The molecule has 0 bridgehead atoms. The number of hydrogen-bond donors (Lipinski definition) is 0. The summed E-state index contributed by atoms with van der Waals surface area (Å²) in [5.41, 5.74) is 5.20. The number of aromatic nitrogens is 3. The predicted molar refractivity (Wildman–Crippen MR) is 139 cm³/mol. The van der Waals surface area contributed by atoms with Crippen molar-refractivity contribution in [2.24, 2.45) is 0 Å². The van der Waals surface area contributed by atoms with E-state index in [2.05, 4.69) is 8.75 Å². The minimum atomic E-state index is -0.763. The summed E-state index contributed by atoms with van der Waals surface area (Å²) < 4.78 is 32.8. The number of hydrogen-bond acceptors (Lipinski definition) is 8. The molecule has 2 heterocycles. The maximum atomic E-state index is 12.6. The van der Waals surface area contributed by atoms with E-state index in [0.29, 0.717) is 19.0 Å².